The van der Waals surface area contributed by atoms with Crippen molar-refractivity contribution in [1.29, 1.82) is 0 Å². The molecular weight excluding hydrogens is 457 g/mol. The second-order valence-corrected chi connectivity index (χ2v) is 9.74. The number of anilines is 2. The Bertz CT molecular complexity index is 1230. The average molecular weight is 486 g/mol. The zero-order valence-electron chi connectivity index (χ0n) is 19.2. The fourth-order valence-corrected chi connectivity index (χ4v) is 5.08. The van der Waals surface area contributed by atoms with Crippen molar-refractivity contribution in [2.45, 2.75) is 11.4 Å². The molecule has 180 valence electrons. The summed E-state index contributed by atoms with van der Waals surface area (Å²) in [6.07, 6.45) is 0. The summed E-state index contributed by atoms with van der Waals surface area (Å²) in [5, 5.41) is 0. The number of methoxy groups -OCH3 is 2. The molecule has 1 saturated heterocycles. The second kappa shape index (κ2) is 10.3. The number of piperazine rings is 1. The van der Waals surface area contributed by atoms with E-state index in [0.29, 0.717) is 5.69 Å². The molecule has 1 fully saturated rings. The Hall–Kier alpha value is -3.30. The lowest BCUT2D eigenvalue weighted by atomic mass is 10.1. The van der Waals surface area contributed by atoms with Crippen LogP contribution in [0.25, 0.3) is 0 Å². The number of rotatable bonds is 8. The maximum absolute atomic E-state index is 13.4. The Morgan fingerprint density at radius 2 is 1.59 bits per heavy atom. The van der Waals surface area contributed by atoms with Gasteiger partial charge >= 0.3 is 0 Å². The van der Waals surface area contributed by atoms with Gasteiger partial charge in [0.05, 0.1) is 19.1 Å². The maximum atomic E-state index is 13.4. The summed E-state index contributed by atoms with van der Waals surface area (Å²) in [4.78, 5) is 4.55. The van der Waals surface area contributed by atoms with Gasteiger partial charge in [0, 0.05) is 44.1 Å². The summed E-state index contributed by atoms with van der Waals surface area (Å²) in [7, 11) is -0.583. The highest BCUT2D eigenvalue weighted by Gasteiger charge is 2.19. The van der Waals surface area contributed by atoms with Gasteiger partial charge in [-0.2, -0.15) is 0 Å². The molecule has 0 unspecified atom stereocenters. The molecule has 0 atom stereocenters. The van der Waals surface area contributed by atoms with Crippen LogP contribution in [0.2, 0.25) is 0 Å². The third-order valence-corrected chi connectivity index (χ3v) is 7.20. The van der Waals surface area contributed by atoms with E-state index in [1.807, 2.05) is 24.3 Å². The first-order valence-electron chi connectivity index (χ1n) is 10.9. The first-order chi connectivity index (χ1) is 16.4. The van der Waals surface area contributed by atoms with Crippen molar-refractivity contribution in [2.75, 3.05) is 50.0 Å². The molecule has 1 N–H and O–H groups in total. The van der Waals surface area contributed by atoms with Crippen molar-refractivity contribution in [2.24, 2.45) is 0 Å². The number of hydrogen-bond donors (Lipinski definition) is 1. The number of benzene rings is 3. The van der Waals surface area contributed by atoms with Crippen LogP contribution in [-0.4, -0.2) is 53.7 Å². The van der Waals surface area contributed by atoms with Gasteiger partial charge in [0.1, 0.15) is 5.82 Å². The van der Waals surface area contributed by atoms with Crippen LogP contribution in [0.3, 0.4) is 0 Å². The molecule has 0 spiro atoms. The largest absolute Gasteiger partial charge is 0.493 e. The summed E-state index contributed by atoms with van der Waals surface area (Å²) < 4.78 is 51.6. The first kappa shape index (κ1) is 23.8. The van der Waals surface area contributed by atoms with Crippen LogP contribution < -0.4 is 19.1 Å². The predicted molar refractivity (Wildman–Crippen MR) is 131 cm³/mol. The van der Waals surface area contributed by atoms with E-state index in [1.165, 1.54) is 23.8 Å². The van der Waals surface area contributed by atoms with Crippen molar-refractivity contribution in [3.8, 4) is 11.5 Å². The van der Waals surface area contributed by atoms with Gasteiger partial charge in [-0.25, -0.2) is 12.8 Å². The monoisotopic (exact) mass is 485 g/mol. The number of ether oxygens (including phenoxy) is 2. The molecule has 3 aromatic rings. The minimum absolute atomic E-state index is 0.109. The van der Waals surface area contributed by atoms with Crippen LogP contribution in [0.5, 0.6) is 11.5 Å². The normalized spacial score (nSPS) is 14.6. The Morgan fingerprint density at radius 1 is 0.882 bits per heavy atom. The highest BCUT2D eigenvalue weighted by molar-refractivity contribution is 7.92. The SMILES string of the molecule is COc1ccc(CN2CCN(c3ccc(NS(=O)(=O)c4cccc(F)c4)cc3)CC2)cc1OC. The van der Waals surface area contributed by atoms with Gasteiger partial charge in [0.15, 0.2) is 11.5 Å². The van der Waals surface area contributed by atoms with Crippen LogP contribution in [0.15, 0.2) is 71.6 Å². The lowest BCUT2D eigenvalue weighted by molar-refractivity contribution is 0.249. The Kier molecular flexibility index (Phi) is 7.23. The van der Waals surface area contributed by atoms with Gasteiger partial charge in [0.2, 0.25) is 0 Å². The third kappa shape index (κ3) is 5.60. The van der Waals surface area contributed by atoms with E-state index in [9.17, 15) is 12.8 Å². The van der Waals surface area contributed by atoms with Gasteiger partial charge in [-0.05, 0) is 60.2 Å². The zero-order chi connectivity index (χ0) is 24.1. The smallest absolute Gasteiger partial charge is 0.261 e. The summed E-state index contributed by atoms with van der Waals surface area (Å²) in [5.41, 5.74) is 2.63. The van der Waals surface area contributed by atoms with Crippen molar-refractivity contribution in [1.82, 2.24) is 4.90 Å². The minimum atomic E-state index is -3.85. The van der Waals surface area contributed by atoms with Crippen molar-refractivity contribution in [3.05, 3.63) is 78.1 Å². The van der Waals surface area contributed by atoms with Crippen LogP contribution in [0, 0.1) is 5.82 Å². The Labute approximate surface area is 199 Å². The number of nitrogens with one attached hydrogen (secondary N) is 1. The Morgan fingerprint density at radius 3 is 2.24 bits per heavy atom. The quantitative estimate of drug-likeness (QED) is 0.521. The first-order valence-corrected chi connectivity index (χ1v) is 12.4. The maximum Gasteiger partial charge on any atom is 0.261 e. The fraction of sp³-hybridized carbons (Fsp3) is 0.280. The van der Waals surface area contributed by atoms with E-state index < -0.39 is 15.8 Å². The van der Waals surface area contributed by atoms with Crippen LogP contribution in [0.4, 0.5) is 15.8 Å². The number of nitrogens with zero attached hydrogens (tertiary/aromatic N) is 2. The van der Waals surface area contributed by atoms with Crippen LogP contribution in [0.1, 0.15) is 5.56 Å². The van der Waals surface area contributed by atoms with Gasteiger partial charge in [0.25, 0.3) is 10.0 Å². The molecule has 34 heavy (non-hydrogen) atoms. The lowest BCUT2D eigenvalue weighted by Gasteiger charge is -2.36. The molecule has 0 aromatic heterocycles. The van der Waals surface area contributed by atoms with Crippen LogP contribution in [-0.2, 0) is 16.6 Å². The summed E-state index contributed by atoms with van der Waals surface area (Å²) in [6.45, 7) is 4.36. The van der Waals surface area contributed by atoms with Gasteiger partial charge in [-0.3, -0.25) is 9.62 Å². The van der Waals surface area contributed by atoms with E-state index in [4.69, 9.17) is 9.47 Å². The van der Waals surface area contributed by atoms with Crippen molar-refractivity contribution >= 4 is 21.4 Å². The topological polar surface area (TPSA) is 71.1 Å². The predicted octanol–water partition coefficient (Wildman–Crippen LogP) is 3.97. The molecule has 3 aromatic carbocycles. The molecule has 0 amide bonds. The van der Waals surface area contributed by atoms with Gasteiger partial charge in [-0.15, -0.1) is 0 Å². The Balaban J connectivity index is 1.33. The van der Waals surface area contributed by atoms with E-state index in [2.05, 4.69) is 20.6 Å². The number of halogens is 1. The van der Waals surface area contributed by atoms with Gasteiger partial charge in [-0.1, -0.05) is 12.1 Å². The van der Waals surface area contributed by atoms with E-state index >= 15 is 0 Å². The molecule has 1 aliphatic heterocycles. The molecule has 0 bridgehead atoms. The molecule has 0 saturated carbocycles. The van der Waals surface area contributed by atoms with Crippen LogP contribution >= 0.6 is 0 Å². The summed E-state index contributed by atoms with van der Waals surface area (Å²) in [6, 6.07) is 18.2. The zero-order valence-corrected chi connectivity index (χ0v) is 20.0. The number of sulfonamides is 1. The van der Waals surface area contributed by atoms with E-state index in [1.54, 1.807) is 26.4 Å². The van der Waals surface area contributed by atoms with Gasteiger partial charge < -0.3 is 14.4 Å². The van der Waals surface area contributed by atoms with E-state index in [-0.39, 0.29) is 4.90 Å². The highest BCUT2D eigenvalue weighted by atomic mass is 32.2. The average Bonchev–Trinajstić information content (AvgIpc) is 2.85. The third-order valence-electron chi connectivity index (χ3n) is 5.82. The summed E-state index contributed by atoms with van der Waals surface area (Å²) >= 11 is 0. The molecule has 1 aliphatic rings. The molecule has 9 heteroatoms. The molecule has 1 heterocycles. The standard InChI is InChI=1S/C25H28FN3O4S/c1-32-24-11-6-19(16-25(24)33-2)18-28-12-14-29(15-13-28)22-9-7-21(8-10-22)27-34(30,31)23-5-3-4-20(26)17-23/h3-11,16-17,27H,12-15,18H2,1-2H3. The van der Waals surface area contributed by atoms with Crippen molar-refractivity contribution < 1.29 is 22.3 Å². The van der Waals surface area contributed by atoms with E-state index in [0.717, 1.165) is 56.0 Å². The lowest BCUT2D eigenvalue weighted by Crippen LogP contribution is -2.45. The molecule has 0 aliphatic carbocycles. The molecule has 7 nitrogen and oxygen atoms in total. The van der Waals surface area contributed by atoms with Crippen molar-refractivity contribution in [3.63, 3.8) is 0 Å². The molecular formula is C25H28FN3O4S. The minimum Gasteiger partial charge on any atom is -0.493 e. The second-order valence-electron chi connectivity index (χ2n) is 8.06. The summed E-state index contributed by atoms with van der Waals surface area (Å²) in [5.74, 6) is 0.855. The number of hydrogen-bond acceptors (Lipinski definition) is 6. The molecule has 4 rings (SSSR count). The fourth-order valence-electron chi connectivity index (χ4n) is 3.99. The highest BCUT2D eigenvalue weighted by Crippen LogP contribution is 2.28. The molecule has 0 radical (unpaired) electrons.